The van der Waals surface area contributed by atoms with Crippen molar-refractivity contribution in [3.05, 3.63) is 70.9 Å². The summed E-state index contributed by atoms with van der Waals surface area (Å²) in [6, 6.07) is 17.2. The molecule has 0 unspecified atom stereocenters. The van der Waals surface area contributed by atoms with Crippen LogP contribution in [-0.4, -0.2) is 9.78 Å². The fourth-order valence-corrected chi connectivity index (χ4v) is 3.48. The zero-order valence-corrected chi connectivity index (χ0v) is 16.2. The molecule has 0 saturated carbocycles. The van der Waals surface area contributed by atoms with Crippen molar-refractivity contribution in [2.45, 2.75) is 53.4 Å². The SMILES string of the molecule is Cc1nn(-c2ccccc2)c(-c2c(C(C)C)cccc2C(C)C)c1C. The van der Waals surface area contributed by atoms with Crippen LogP contribution in [0.1, 0.15) is 61.9 Å². The molecule has 0 saturated heterocycles. The van der Waals surface area contributed by atoms with Crippen molar-refractivity contribution in [3.63, 3.8) is 0 Å². The van der Waals surface area contributed by atoms with E-state index in [1.54, 1.807) is 0 Å². The summed E-state index contributed by atoms with van der Waals surface area (Å²) in [7, 11) is 0. The maximum absolute atomic E-state index is 4.87. The lowest BCUT2D eigenvalue weighted by molar-refractivity contribution is 0.822. The Kier molecular flexibility index (Phi) is 4.80. The summed E-state index contributed by atoms with van der Waals surface area (Å²) in [5.41, 5.74) is 8.84. The van der Waals surface area contributed by atoms with E-state index in [0.717, 1.165) is 11.4 Å². The zero-order valence-electron chi connectivity index (χ0n) is 16.2. The third-order valence-corrected chi connectivity index (χ3v) is 4.97. The van der Waals surface area contributed by atoms with Crippen LogP contribution in [0.15, 0.2) is 48.5 Å². The second-order valence-corrected chi connectivity index (χ2v) is 7.43. The molecule has 0 amide bonds. The van der Waals surface area contributed by atoms with Gasteiger partial charge < -0.3 is 0 Å². The molecule has 0 fully saturated rings. The molecule has 0 aliphatic heterocycles. The van der Waals surface area contributed by atoms with Crippen molar-refractivity contribution in [3.8, 4) is 16.9 Å². The van der Waals surface area contributed by atoms with E-state index < -0.39 is 0 Å². The lowest BCUT2D eigenvalue weighted by Gasteiger charge is -2.21. The van der Waals surface area contributed by atoms with Crippen molar-refractivity contribution in [1.29, 1.82) is 0 Å². The molecule has 2 heteroatoms. The fraction of sp³-hybridized carbons (Fsp3) is 0.348. The highest BCUT2D eigenvalue weighted by Crippen LogP contribution is 2.39. The van der Waals surface area contributed by atoms with E-state index in [0.29, 0.717) is 11.8 Å². The number of hydrogen-bond donors (Lipinski definition) is 0. The van der Waals surface area contributed by atoms with E-state index in [1.165, 1.54) is 27.9 Å². The molecule has 0 aliphatic carbocycles. The summed E-state index contributed by atoms with van der Waals surface area (Å²) in [6.45, 7) is 13.4. The van der Waals surface area contributed by atoms with Gasteiger partial charge in [0.1, 0.15) is 0 Å². The fourth-order valence-electron chi connectivity index (χ4n) is 3.48. The zero-order chi connectivity index (χ0) is 18.1. The van der Waals surface area contributed by atoms with Crippen LogP contribution in [0.3, 0.4) is 0 Å². The van der Waals surface area contributed by atoms with E-state index in [2.05, 4.69) is 88.7 Å². The molecule has 3 rings (SSSR count). The first kappa shape index (κ1) is 17.5. The molecule has 2 aromatic carbocycles. The number of aromatic nitrogens is 2. The molecule has 0 atom stereocenters. The Labute approximate surface area is 151 Å². The van der Waals surface area contributed by atoms with E-state index in [4.69, 9.17) is 5.10 Å². The lowest BCUT2D eigenvalue weighted by Crippen LogP contribution is -2.06. The molecule has 1 aromatic heterocycles. The van der Waals surface area contributed by atoms with Gasteiger partial charge in [0.15, 0.2) is 0 Å². The van der Waals surface area contributed by atoms with E-state index in [9.17, 15) is 0 Å². The van der Waals surface area contributed by atoms with Gasteiger partial charge in [0.2, 0.25) is 0 Å². The summed E-state index contributed by atoms with van der Waals surface area (Å²) in [5.74, 6) is 0.931. The first-order valence-corrected chi connectivity index (χ1v) is 9.16. The monoisotopic (exact) mass is 332 g/mol. The maximum Gasteiger partial charge on any atom is 0.0778 e. The number of aryl methyl sites for hydroxylation is 1. The molecule has 0 bridgehead atoms. The van der Waals surface area contributed by atoms with Gasteiger partial charge in [-0.3, -0.25) is 0 Å². The topological polar surface area (TPSA) is 17.8 Å². The summed E-state index contributed by atoms with van der Waals surface area (Å²) in [5, 5.41) is 4.87. The predicted octanol–water partition coefficient (Wildman–Crippen LogP) is 6.40. The second kappa shape index (κ2) is 6.87. The van der Waals surface area contributed by atoms with Gasteiger partial charge in [0, 0.05) is 5.56 Å². The maximum atomic E-state index is 4.87. The Morgan fingerprint density at radius 2 is 1.32 bits per heavy atom. The molecule has 3 aromatic rings. The molecule has 130 valence electrons. The summed E-state index contributed by atoms with van der Waals surface area (Å²) in [6.07, 6.45) is 0. The van der Waals surface area contributed by atoms with Crippen molar-refractivity contribution in [2.75, 3.05) is 0 Å². The highest BCUT2D eigenvalue weighted by atomic mass is 15.3. The Hall–Kier alpha value is -2.35. The van der Waals surface area contributed by atoms with E-state index in [-0.39, 0.29) is 0 Å². The van der Waals surface area contributed by atoms with Gasteiger partial charge in [-0.15, -0.1) is 0 Å². The van der Waals surface area contributed by atoms with Crippen LogP contribution in [0.4, 0.5) is 0 Å². The Bertz CT molecular complexity index is 844. The number of hydrogen-bond acceptors (Lipinski definition) is 1. The summed E-state index contributed by atoms with van der Waals surface area (Å²) in [4.78, 5) is 0. The summed E-state index contributed by atoms with van der Waals surface area (Å²) >= 11 is 0. The molecule has 0 aliphatic rings. The van der Waals surface area contributed by atoms with Gasteiger partial charge in [-0.05, 0) is 54.5 Å². The quantitative estimate of drug-likeness (QED) is 0.540. The number of benzene rings is 2. The first-order chi connectivity index (χ1) is 11.9. The molecule has 0 N–H and O–H groups in total. The van der Waals surface area contributed by atoms with Crippen LogP contribution in [-0.2, 0) is 0 Å². The standard InChI is InChI=1S/C23H28N2/c1-15(2)20-13-10-14-21(16(3)4)22(20)23-17(5)18(6)24-25(23)19-11-8-7-9-12-19/h7-16H,1-6H3. The lowest BCUT2D eigenvalue weighted by atomic mass is 9.86. The minimum Gasteiger partial charge on any atom is -0.233 e. The van der Waals surface area contributed by atoms with Gasteiger partial charge in [-0.1, -0.05) is 64.1 Å². The molecule has 25 heavy (non-hydrogen) atoms. The average molecular weight is 332 g/mol. The minimum atomic E-state index is 0.465. The molecule has 0 spiro atoms. The number of para-hydroxylation sites is 1. The van der Waals surface area contributed by atoms with E-state index >= 15 is 0 Å². The van der Waals surface area contributed by atoms with Crippen LogP contribution >= 0.6 is 0 Å². The average Bonchev–Trinajstić information content (AvgIpc) is 2.90. The van der Waals surface area contributed by atoms with Crippen LogP contribution in [0.5, 0.6) is 0 Å². The van der Waals surface area contributed by atoms with Gasteiger partial charge in [0.25, 0.3) is 0 Å². The number of nitrogens with zero attached hydrogens (tertiary/aromatic N) is 2. The third-order valence-electron chi connectivity index (χ3n) is 4.97. The smallest absolute Gasteiger partial charge is 0.0778 e. The Morgan fingerprint density at radius 3 is 1.84 bits per heavy atom. The molecular weight excluding hydrogens is 304 g/mol. The highest BCUT2D eigenvalue weighted by Gasteiger charge is 2.22. The highest BCUT2D eigenvalue weighted by molar-refractivity contribution is 5.74. The van der Waals surface area contributed by atoms with Crippen LogP contribution < -0.4 is 0 Å². The molecular formula is C23H28N2. The predicted molar refractivity (Wildman–Crippen MR) is 107 cm³/mol. The van der Waals surface area contributed by atoms with Gasteiger partial charge in [-0.25, -0.2) is 4.68 Å². The van der Waals surface area contributed by atoms with E-state index in [1.807, 2.05) is 6.07 Å². The minimum absolute atomic E-state index is 0.465. The Morgan fingerprint density at radius 1 is 0.760 bits per heavy atom. The van der Waals surface area contributed by atoms with Crippen LogP contribution in [0, 0.1) is 13.8 Å². The van der Waals surface area contributed by atoms with Crippen LogP contribution in [0.2, 0.25) is 0 Å². The van der Waals surface area contributed by atoms with Crippen molar-refractivity contribution >= 4 is 0 Å². The van der Waals surface area contributed by atoms with Crippen molar-refractivity contribution < 1.29 is 0 Å². The van der Waals surface area contributed by atoms with Crippen LogP contribution in [0.25, 0.3) is 16.9 Å². The van der Waals surface area contributed by atoms with Gasteiger partial charge >= 0.3 is 0 Å². The third kappa shape index (κ3) is 3.13. The molecule has 0 radical (unpaired) electrons. The van der Waals surface area contributed by atoms with Gasteiger partial charge in [0.05, 0.1) is 17.1 Å². The Balaban J connectivity index is 2.38. The van der Waals surface area contributed by atoms with Gasteiger partial charge in [-0.2, -0.15) is 5.10 Å². The second-order valence-electron chi connectivity index (χ2n) is 7.43. The largest absolute Gasteiger partial charge is 0.233 e. The molecule has 1 heterocycles. The summed E-state index contributed by atoms with van der Waals surface area (Å²) < 4.78 is 2.12. The van der Waals surface area contributed by atoms with Crippen molar-refractivity contribution in [2.24, 2.45) is 0 Å². The normalized spacial score (nSPS) is 11.5. The molecule has 2 nitrogen and oxygen atoms in total. The number of rotatable bonds is 4. The van der Waals surface area contributed by atoms with Crippen molar-refractivity contribution in [1.82, 2.24) is 9.78 Å². The first-order valence-electron chi connectivity index (χ1n) is 9.16.